The second kappa shape index (κ2) is 6.54. The highest BCUT2D eigenvalue weighted by Crippen LogP contribution is 2.35. The molecule has 0 aromatic heterocycles. The highest BCUT2D eigenvalue weighted by atomic mass is 35.5. The fourth-order valence-corrected chi connectivity index (χ4v) is 2.27. The van der Waals surface area contributed by atoms with Crippen molar-refractivity contribution in [1.29, 1.82) is 0 Å². The number of hydrogen-bond acceptors (Lipinski definition) is 2. The molecule has 1 N–H and O–H groups in total. The van der Waals surface area contributed by atoms with Gasteiger partial charge >= 0.3 is 6.36 Å². The molecule has 2 nitrogen and oxygen atoms in total. The van der Waals surface area contributed by atoms with E-state index in [2.05, 4.69) is 10.1 Å². The first-order valence-corrected chi connectivity index (χ1v) is 6.66. The van der Waals surface area contributed by atoms with Crippen molar-refractivity contribution in [2.45, 2.75) is 12.9 Å². The molecule has 0 saturated heterocycles. The lowest BCUT2D eigenvalue weighted by Gasteiger charge is -2.15. The molecule has 2 aromatic carbocycles. The number of halogens is 5. The number of ether oxygens (including phenoxy) is 1. The van der Waals surface area contributed by atoms with Gasteiger partial charge in [0.15, 0.2) is 0 Å². The first kappa shape index (κ1) is 16.6. The molecule has 0 aliphatic heterocycles. The Morgan fingerprint density at radius 1 is 1.09 bits per heavy atom. The van der Waals surface area contributed by atoms with Crippen molar-refractivity contribution in [2.24, 2.45) is 0 Å². The molecule has 2 aromatic rings. The molecular formula is C15H12ClF4NO. The molecule has 7 heteroatoms. The normalized spacial score (nSPS) is 11.5. The van der Waals surface area contributed by atoms with Gasteiger partial charge in [-0.3, -0.25) is 0 Å². The van der Waals surface area contributed by atoms with Gasteiger partial charge in [-0.05, 0) is 48.5 Å². The highest BCUT2D eigenvalue weighted by molar-refractivity contribution is 6.33. The van der Waals surface area contributed by atoms with Crippen LogP contribution in [0.2, 0.25) is 5.02 Å². The van der Waals surface area contributed by atoms with Gasteiger partial charge in [-0.2, -0.15) is 0 Å². The van der Waals surface area contributed by atoms with Crippen molar-refractivity contribution < 1.29 is 22.3 Å². The third kappa shape index (κ3) is 4.11. The van der Waals surface area contributed by atoms with Crippen LogP contribution in [0.25, 0.3) is 11.1 Å². The smallest absolute Gasteiger partial charge is 0.406 e. The van der Waals surface area contributed by atoms with Crippen LogP contribution in [0.15, 0.2) is 36.4 Å². The first-order chi connectivity index (χ1) is 10.3. The van der Waals surface area contributed by atoms with Gasteiger partial charge in [0.25, 0.3) is 0 Å². The predicted octanol–water partition coefficient (Wildman–Crippen LogP) is 4.76. The minimum absolute atomic E-state index is 0.239. The summed E-state index contributed by atoms with van der Waals surface area (Å²) in [7, 11) is 1.69. The van der Waals surface area contributed by atoms with Gasteiger partial charge < -0.3 is 10.1 Å². The predicted molar refractivity (Wildman–Crippen MR) is 76.3 cm³/mol. The van der Waals surface area contributed by atoms with Crippen molar-refractivity contribution >= 4 is 11.6 Å². The van der Waals surface area contributed by atoms with E-state index in [0.717, 1.165) is 0 Å². The Balaban J connectivity index is 2.54. The molecule has 0 spiro atoms. The fourth-order valence-electron chi connectivity index (χ4n) is 2.05. The second-order valence-corrected chi connectivity index (χ2v) is 4.93. The summed E-state index contributed by atoms with van der Waals surface area (Å²) in [6.45, 7) is 0.383. The lowest BCUT2D eigenvalue weighted by Crippen LogP contribution is -2.17. The number of hydrogen-bond donors (Lipinski definition) is 1. The van der Waals surface area contributed by atoms with E-state index in [0.29, 0.717) is 23.2 Å². The van der Waals surface area contributed by atoms with E-state index in [1.807, 2.05) is 0 Å². The molecule has 0 aliphatic carbocycles. The maximum absolute atomic E-state index is 13.4. The Labute approximate surface area is 129 Å². The van der Waals surface area contributed by atoms with Crippen LogP contribution in [0.5, 0.6) is 5.75 Å². The van der Waals surface area contributed by atoms with Gasteiger partial charge in [0.05, 0.1) is 0 Å². The van der Waals surface area contributed by atoms with E-state index in [1.165, 1.54) is 36.4 Å². The zero-order valence-electron chi connectivity index (χ0n) is 11.5. The van der Waals surface area contributed by atoms with Crippen molar-refractivity contribution in [3.05, 3.63) is 52.8 Å². The minimum Gasteiger partial charge on any atom is -0.406 e. The zero-order chi connectivity index (χ0) is 16.3. The van der Waals surface area contributed by atoms with Crippen LogP contribution in [0.1, 0.15) is 5.56 Å². The molecular weight excluding hydrogens is 322 g/mol. The average molecular weight is 334 g/mol. The minimum atomic E-state index is -4.80. The summed E-state index contributed by atoms with van der Waals surface area (Å²) in [6.07, 6.45) is -4.80. The summed E-state index contributed by atoms with van der Waals surface area (Å²) in [5, 5.41) is 3.13. The Bertz CT molecular complexity index is 673. The quantitative estimate of drug-likeness (QED) is 0.814. The number of alkyl halides is 3. The van der Waals surface area contributed by atoms with E-state index in [1.54, 1.807) is 7.05 Å². The van der Waals surface area contributed by atoms with Crippen LogP contribution >= 0.6 is 11.6 Å². The summed E-state index contributed by atoms with van der Waals surface area (Å²) in [5.74, 6) is -0.917. The Morgan fingerprint density at radius 2 is 1.82 bits per heavy atom. The first-order valence-electron chi connectivity index (χ1n) is 6.29. The molecule has 0 amide bonds. The van der Waals surface area contributed by atoms with Crippen LogP contribution in [0, 0.1) is 5.82 Å². The maximum Gasteiger partial charge on any atom is 0.573 e. The molecule has 0 atom stereocenters. The summed E-state index contributed by atoms with van der Waals surface area (Å²) in [5.41, 5.74) is 1.35. The van der Waals surface area contributed by atoms with Crippen LogP contribution in [-0.2, 0) is 6.54 Å². The number of benzene rings is 2. The molecule has 0 fully saturated rings. The lowest BCUT2D eigenvalue weighted by molar-refractivity contribution is -0.274. The Hall–Kier alpha value is -1.79. The molecule has 0 heterocycles. The standard InChI is InChI=1S/C15H12ClF4NO/c1-21-8-9-2-4-11(22-15(18,19)20)7-12(9)13-6-10(17)3-5-14(13)16/h2-7,21H,8H2,1H3. The third-order valence-electron chi connectivity index (χ3n) is 2.90. The third-order valence-corrected chi connectivity index (χ3v) is 3.23. The SMILES string of the molecule is CNCc1ccc(OC(F)(F)F)cc1-c1cc(F)ccc1Cl. The van der Waals surface area contributed by atoms with Crippen LogP contribution < -0.4 is 10.1 Å². The largest absolute Gasteiger partial charge is 0.573 e. The maximum atomic E-state index is 13.4. The Morgan fingerprint density at radius 3 is 2.45 bits per heavy atom. The number of nitrogens with one attached hydrogen (secondary N) is 1. The van der Waals surface area contributed by atoms with Crippen molar-refractivity contribution in [3.8, 4) is 16.9 Å². The van der Waals surface area contributed by atoms with Gasteiger partial charge in [-0.1, -0.05) is 17.7 Å². The summed E-state index contributed by atoms with van der Waals surface area (Å²) >= 11 is 6.04. The molecule has 0 radical (unpaired) electrons. The van der Waals surface area contributed by atoms with Gasteiger partial charge in [0.2, 0.25) is 0 Å². The van der Waals surface area contributed by atoms with Crippen molar-refractivity contribution in [1.82, 2.24) is 5.32 Å². The average Bonchev–Trinajstić information content (AvgIpc) is 2.42. The Kier molecular flexibility index (Phi) is 4.93. The van der Waals surface area contributed by atoms with E-state index in [9.17, 15) is 17.6 Å². The van der Waals surface area contributed by atoms with Gasteiger partial charge in [0, 0.05) is 17.1 Å². The van der Waals surface area contributed by atoms with Gasteiger partial charge in [0.1, 0.15) is 11.6 Å². The highest BCUT2D eigenvalue weighted by Gasteiger charge is 2.31. The van der Waals surface area contributed by atoms with E-state index < -0.39 is 12.2 Å². The van der Waals surface area contributed by atoms with E-state index >= 15 is 0 Å². The van der Waals surface area contributed by atoms with Crippen LogP contribution in [0.4, 0.5) is 17.6 Å². The molecule has 118 valence electrons. The monoisotopic (exact) mass is 333 g/mol. The number of rotatable bonds is 4. The van der Waals surface area contributed by atoms with Crippen LogP contribution in [0.3, 0.4) is 0 Å². The summed E-state index contributed by atoms with van der Waals surface area (Å²) < 4.78 is 54.4. The van der Waals surface area contributed by atoms with Crippen LogP contribution in [-0.4, -0.2) is 13.4 Å². The molecule has 0 saturated carbocycles. The molecule has 0 bridgehead atoms. The second-order valence-electron chi connectivity index (χ2n) is 4.52. The molecule has 0 aliphatic rings. The summed E-state index contributed by atoms with van der Waals surface area (Å²) in [4.78, 5) is 0. The van der Waals surface area contributed by atoms with E-state index in [-0.39, 0.29) is 10.8 Å². The van der Waals surface area contributed by atoms with Crippen molar-refractivity contribution in [2.75, 3.05) is 7.05 Å². The fraction of sp³-hybridized carbons (Fsp3) is 0.200. The van der Waals surface area contributed by atoms with E-state index in [4.69, 9.17) is 11.6 Å². The lowest BCUT2D eigenvalue weighted by atomic mass is 9.99. The molecule has 0 unspecified atom stereocenters. The summed E-state index contributed by atoms with van der Waals surface area (Å²) in [6, 6.07) is 7.59. The molecule has 2 rings (SSSR count). The molecule has 22 heavy (non-hydrogen) atoms. The van der Waals surface area contributed by atoms with Gasteiger partial charge in [-0.25, -0.2) is 4.39 Å². The van der Waals surface area contributed by atoms with Crippen molar-refractivity contribution in [3.63, 3.8) is 0 Å². The topological polar surface area (TPSA) is 21.3 Å². The van der Waals surface area contributed by atoms with Gasteiger partial charge in [-0.15, -0.1) is 13.2 Å². The zero-order valence-corrected chi connectivity index (χ0v) is 12.2.